The number of anilines is 2. The first-order valence-corrected chi connectivity index (χ1v) is 9.79. The number of ether oxygens (including phenoxy) is 1. The van der Waals surface area contributed by atoms with E-state index in [4.69, 9.17) is 4.74 Å². The number of amides is 1. The summed E-state index contributed by atoms with van der Waals surface area (Å²) >= 11 is 0. The van der Waals surface area contributed by atoms with E-state index in [9.17, 15) is 9.59 Å². The fourth-order valence-corrected chi connectivity index (χ4v) is 3.76. The fourth-order valence-electron chi connectivity index (χ4n) is 3.76. The van der Waals surface area contributed by atoms with Gasteiger partial charge in [0.1, 0.15) is 0 Å². The Balaban J connectivity index is 1.61. The van der Waals surface area contributed by atoms with Crippen LogP contribution in [0.15, 0.2) is 54.9 Å². The highest BCUT2D eigenvalue weighted by atomic mass is 16.5. The maximum Gasteiger partial charge on any atom is 0.337 e. The third-order valence-electron chi connectivity index (χ3n) is 5.31. The van der Waals surface area contributed by atoms with Gasteiger partial charge in [-0.15, -0.1) is 0 Å². The van der Waals surface area contributed by atoms with Crippen LogP contribution in [-0.4, -0.2) is 37.1 Å². The molecule has 1 fully saturated rings. The second kappa shape index (κ2) is 8.31. The lowest BCUT2D eigenvalue weighted by atomic mass is 10.0. The number of rotatable bonds is 4. The van der Waals surface area contributed by atoms with Crippen molar-refractivity contribution >= 4 is 34.0 Å². The molecule has 2 heterocycles. The van der Waals surface area contributed by atoms with Gasteiger partial charge in [-0.25, -0.2) is 4.79 Å². The Morgan fingerprint density at radius 3 is 2.38 bits per heavy atom. The summed E-state index contributed by atoms with van der Waals surface area (Å²) in [5.74, 6) is -0.667. The van der Waals surface area contributed by atoms with Crippen LogP contribution in [0.2, 0.25) is 0 Å². The number of pyridine rings is 1. The van der Waals surface area contributed by atoms with Crippen molar-refractivity contribution in [2.45, 2.75) is 19.3 Å². The van der Waals surface area contributed by atoms with Gasteiger partial charge in [0.15, 0.2) is 0 Å². The van der Waals surface area contributed by atoms with Gasteiger partial charge in [-0.3, -0.25) is 9.78 Å². The number of esters is 1. The molecule has 0 unspecified atom stereocenters. The zero-order valence-corrected chi connectivity index (χ0v) is 16.4. The van der Waals surface area contributed by atoms with E-state index in [1.54, 1.807) is 36.7 Å². The number of piperidine rings is 1. The summed E-state index contributed by atoms with van der Waals surface area (Å²) in [4.78, 5) is 31.0. The molecule has 148 valence electrons. The average Bonchev–Trinajstić information content (AvgIpc) is 2.79. The normalized spacial score (nSPS) is 13.9. The van der Waals surface area contributed by atoms with Crippen molar-refractivity contribution in [1.82, 2.24) is 4.98 Å². The van der Waals surface area contributed by atoms with E-state index >= 15 is 0 Å². The molecule has 0 saturated carbocycles. The smallest absolute Gasteiger partial charge is 0.337 e. The van der Waals surface area contributed by atoms with Gasteiger partial charge in [-0.05, 0) is 61.7 Å². The highest BCUT2D eigenvalue weighted by Gasteiger charge is 2.16. The minimum absolute atomic E-state index is 0.239. The molecule has 0 spiro atoms. The van der Waals surface area contributed by atoms with Crippen LogP contribution in [0.5, 0.6) is 0 Å². The van der Waals surface area contributed by atoms with Gasteiger partial charge in [0.2, 0.25) is 0 Å². The molecule has 1 amide bonds. The van der Waals surface area contributed by atoms with Crippen LogP contribution in [0.3, 0.4) is 0 Å². The van der Waals surface area contributed by atoms with E-state index in [1.807, 2.05) is 12.1 Å². The minimum Gasteiger partial charge on any atom is -0.465 e. The monoisotopic (exact) mass is 389 g/mol. The molecule has 0 bridgehead atoms. The number of benzene rings is 2. The number of fused-ring (bicyclic) bond motifs is 1. The molecule has 1 aromatic heterocycles. The second-order valence-corrected chi connectivity index (χ2v) is 7.12. The molecule has 6 heteroatoms. The summed E-state index contributed by atoms with van der Waals surface area (Å²) in [6.45, 7) is 2.10. The van der Waals surface area contributed by atoms with Crippen molar-refractivity contribution in [3.05, 3.63) is 66.0 Å². The lowest BCUT2D eigenvalue weighted by Crippen LogP contribution is -2.29. The van der Waals surface area contributed by atoms with Crippen LogP contribution >= 0.6 is 0 Å². The highest BCUT2D eigenvalue weighted by Crippen LogP contribution is 2.33. The van der Waals surface area contributed by atoms with Crippen molar-refractivity contribution in [2.24, 2.45) is 0 Å². The Morgan fingerprint density at radius 2 is 1.66 bits per heavy atom. The van der Waals surface area contributed by atoms with E-state index in [-0.39, 0.29) is 5.91 Å². The van der Waals surface area contributed by atoms with Gasteiger partial charge < -0.3 is 15.0 Å². The largest absolute Gasteiger partial charge is 0.465 e. The summed E-state index contributed by atoms with van der Waals surface area (Å²) in [7, 11) is 1.33. The van der Waals surface area contributed by atoms with Crippen molar-refractivity contribution < 1.29 is 14.3 Å². The van der Waals surface area contributed by atoms with Gasteiger partial charge in [-0.1, -0.05) is 0 Å². The maximum absolute atomic E-state index is 12.7. The Bertz CT molecular complexity index is 1040. The van der Waals surface area contributed by atoms with Crippen LogP contribution in [-0.2, 0) is 4.74 Å². The van der Waals surface area contributed by atoms with E-state index in [0.29, 0.717) is 11.1 Å². The summed E-state index contributed by atoms with van der Waals surface area (Å²) in [6, 6.07) is 12.4. The molecular weight excluding hydrogens is 366 g/mol. The van der Waals surface area contributed by atoms with Gasteiger partial charge in [0, 0.05) is 47.5 Å². The van der Waals surface area contributed by atoms with Crippen molar-refractivity contribution in [1.29, 1.82) is 0 Å². The van der Waals surface area contributed by atoms with Crippen LogP contribution in [0.25, 0.3) is 10.8 Å². The quantitative estimate of drug-likeness (QED) is 0.675. The molecule has 1 aliphatic heterocycles. The van der Waals surface area contributed by atoms with Gasteiger partial charge in [0.05, 0.1) is 18.4 Å². The summed E-state index contributed by atoms with van der Waals surface area (Å²) in [5.41, 5.74) is 2.78. The molecular formula is C23H23N3O3. The molecule has 29 heavy (non-hydrogen) atoms. The lowest BCUT2D eigenvalue weighted by Gasteiger charge is -2.30. The number of carbonyl (C=O) groups excluding carboxylic acids is 2. The molecule has 1 aliphatic rings. The first-order chi connectivity index (χ1) is 14.2. The van der Waals surface area contributed by atoms with Crippen LogP contribution < -0.4 is 10.2 Å². The van der Waals surface area contributed by atoms with E-state index in [0.717, 1.165) is 29.5 Å². The molecule has 1 saturated heterocycles. The first kappa shape index (κ1) is 18.9. The number of methoxy groups -OCH3 is 1. The first-order valence-electron chi connectivity index (χ1n) is 9.79. The number of hydrogen-bond donors (Lipinski definition) is 1. The molecule has 0 aliphatic carbocycles. The van der Waals surface area contributed by atoms with Gasteiger partial charge in [-0.2, -0.15) is 0 Å². The maximum atomic E-state index is 12.7. The van der Waals surface area contributed by atoms with Crippen molar-refractivity contribution in [3.63, 3.8) is 0 Å². The molecule has 1 N–H and O–H groups in total. The highest BCUT2D eigenvalue weighted by molar-refractivity contribution is 6.11. The third-order valence-corrected chi connectivity index (χ3v) is 5.31. The predicted octanol–water partition coefficient (Wildman–Crippen LogP) is 4.26. The molecule has 6 nitrogen and oxygen atoms in total. The van der Waals surface area contributed by atoms with Crippen molar-refractivity contribution in [3.8, 4) is 0 Å². The van der Waals surface area contributed by atoms with Gasteiger partial charge in [0.25, 0.3) is 5.91 Å². The Labute approximate surface area is 169 Å². The second-order valence-electron chi connectivity index (χ2n) is 7.12. The van der Waals surface area contributed by atoms with E-state index in [2.05, 4.69) is 21.3 Å². The van der Waals surface area contributed by atoms with Crippen molar-refractivity contribution in [2.75, 3.05) is 30.4 Å². The minimum atomic E-state index is -0.428. The predicted molar refractivity (Wildman–Crippen MR) is 114 cm³/mol. The third kappa shape index (κ3) is 3.92. The molecule has 4 rings (SSSR count). The van der Waals surface area contributed by atoms with E-state index in [1.165, 1.54) is 32.1 Å². The number of aromatic nitrogens is 1. The van der Waals surface area contributed by atoms with E-state index < -0.39 is 5.97 Å². The summed E-state index contributed by atoms with van der Waals surface area (Å²) in [6.07, 6.45) is 7.25. The molecule has 0 atom stereocenters. The Hall–Kier alpha value is -3.41. The van der Waals surface area contributed by atoms with Crippen LogP contribution in [0, 0.1) is 0 Å². The van der Waals surface area contributed by atoms with Gasteiger partial charge >= 0.3 is 5.97 Å². The molecule has 2 aromatic carbocycles. The van der Waals surface area contributed by atoms with Crippen LogP contribution in [0.4, 0.5) is 11.4 Å². The molecule has 0 radical (unpaired) electrons. The average molecular weight is 389 g/mol. The fraction of sp³-hybridized carbons (Fsp3) is 0.261. The topological polar surface area (TPSA) is 71.5 Å². The van der Waals surface area contributed by atoms with Crippen LogP contribution in [0.1, 0.15) is 40.0 Å². The number of nitrogens with one attached hydrogen (secondary N) is 1. The number of carbonyl (C=O) groups is 2. The zero-order chi connectivity index (χ0) is 20.2. The number of hydrogen-bond acceptors (Lipinski definition) is 5. The lowest BCUT2D eigenvalue weighted by molar-refractivity contribution is 0.0600. The number of nitrogens with zero attached hydrogens (tertiary/aromatic N) is 2. The summed E-state index contributed by atoms with van der Waals surface area (Å²) in [5, 5.41) is 4.98. The SMILES string of the molecule is COC(=O)c1ccc(C(=O)Nc2ccc(N3CCCCC3)c3ccncc23)cc1. The molecule has 3 aromatic rings. The Morgan fingerprint density at radius 1 is 0.931 bits per heavy atom. The Kier molecular flexibility index (Phi) is 5.42. The summed E-state index contributed by atoms with van der Waals surface area (Å²) < 4.78 is 4.69. The zero-order valence-electron chi connectivity index (χ0n) is 16.4. The standard InChI is InChI=1S/C23H23N3O3/c1-29-23(28)17-7-5-16(6-8-17)22(27)25-20-9-10-21(26-13-3-2-4-14-26)18-11-12-24-15-19(18)20/h5-12,15H,2-4,13-14H2,1H3,(H,25,27).